The molecule has 0 unspecified atom stereocenters. The van der Waals surface area contributed by atoms with Gasteiger partial charge in [-0.25, -0.2) is 0 Å². The molecule has 6 heteroatoms. The van der Waals surface area contributed by atoms with Crippen LogP contribution in [-0.4, -0.2) is 41.6 Å². The molecule has 2 atom stereocenters. The van der Waals surface area contributed by atoms with Crippen LogP contribution in [0.5, 0.6) is 5.75 Å². The smallest absolute Gasteiger partial charge is 0.312 e. The van der Waals surface area contributed by atoms with E-state index in [0.29, 0.717) is 30.0 Å². The summed E-state index contributed by atoms with van der Waals surface area (Å²) in [5, 5.41) is 10.1. The van der Waals surface area contributed by atoms with Crippen molar-refractivity contribution < 1.29 is 23.8 Å². The first-order chi connectivity index (χ1) is 12.4. The Morgan fingerprint density at radius 3 is 2.73 bits per heavy atom. The lowest BCUT2D eigenvalue weighted by Crippen LogP contribution is -2.42. The molecular formula is C20H21NO5. The fraction of sp³-hybridized carbons (Fsp3) is 0.400. The number of aryl methyl sites for hydroxylation is 2. The fourth-order valence-corrected chi connectivity index (χ4v) is 4.19. The average molecular weight is 355 g/mol. The number of furan rings is 1. The highest BCUT2D eigenvalue weighted by Gasteiger charge is 2.55. The van der Waals surface area contributed by atoms with Gasteiger partial charge in [-0.2, -0.15) is 0 Å². The van der Waals surface area contributed by atoms with Crippen LogP contribution in [0.2, 0.25) is 0 Å². The zero-order chi connectivity index (χ0) is 18.5. The fourth-order valence-electron chi connectivity index (χ4n) is 4.19. The van der Waals surface area contributed by atoms with Crippen LogP contribution in [0.25, 0.3) is 0 Å². The van der Waals surface area contributed by atoms with Crippen LogP contribution in [0.4, 0.5) is 0 Å². The Balaban J connectivity index is 1.68. The lowest BCUT2D eigenvalue weighted by atomic mass is 9.74. The topological polar surface area (TPSA) is 80.0 Å². The van der Waals surface area contributed by atoms with Crippen LogP contribution < -0.4 is 4.74 Å². The number of aliphatic carboxylic acids is 1. The molecule has 0 saturated carbocycles. The monoisotopic (exact) mass is 355 g/mol. The first-order valence-corrected chi connectivity index (χ1v) is 8.71. The number of carbonyl (C=O) groups is 2. The van der Waals surface area contributed by atoms with Gasteiger partial charge in [0.25, 0.3) is 5.91 Å². The number of likely N-dealkylation sites (tertiary alicyclic amines) is 1. The van der Waals surface area contributed by atoms with Crippen LogP contribution in [0, 0.1) is 25.2 Å². The third kappa shape index (κ3) is 2.48. The zero-order valence-corrected chi connectivity index (χ0v) is 14.8. The second-order valence-corrected chi connectivity index (χ2v) is 7.27. The van der Waals surface area contributed by atoms with Crippen LogP contribution in [-0.2, 0) is 11.2 Å². The van der Waals surface area contributed by atoms with Crippen molar-refractivity contribution in [1.82, 2.24) is 4.90 Å². The number of ether oxygens (including phenoxy) is 1. The van der Waals surface area contributed by atoms with Crippen LogP contribution in [0.15, 0.2) is 34.7 Å². The molecule has 2 aliphatic rings. The Labute approximate surface area is 151 Å². The van der Waals surface area contributed by atoms with E-state index < -0.39 is 11.4 Å². The maximum Gasteiger partial charge on any atom is 0.312 e. The summed E-state index contributed by atoms with van der Waals surface area (Å²) in [4.78, 5) is 26.9. The molecule has 1 saturated heterocycles. The number of fused-ring (bicyclic) bond motifs is 2. The number of nitrogens with zero attached hydrogens (tertiary/aromatic N) is 1. The highest BCUT2D eigenvalue weighted by Crippen LogP contribution is 2.44. The van der Waals surface area contributed by atoms with E-state index in [1.54, 1.807) is 24.8 Å². The molecule has 1 amide bonds. The molecule has 1 aromatic heterocycles. The molecule has 3 heterocycles. The van der Waals surface area contributed by atoms with Crippen LogP contribution >= 0.6 is 0 Å². The minimum absolute atomic E-state index is 0.174. The van der Waals surface area contributed by atoms with Gasteiger partial charge in [0.1, 0.15) is 17.3 Å². The van der Waals surface area contributed by atoms with Gasteiger partial charge in [-0.3, -0.25) is 9.59 Å². The van der Waals surface area contributed by atoms with Gasteiger partial charge in [0.15, 0.2) is 0 Å². The molecular weight excluding hydrogens is 334 g/mol. The molecule has 1 fully saturated rings. The van der Waals surface area contributed by atoms with Crippen molar-refractivity contribution in [2.24, 2.45) is 11.3 Å². The largest absolute Gasteiger partial charge is 0.493 e. The Hall–Kier alpha value is -2.76. The van der Waals surface area contributed by atoms with Crippen molar-refractivity contribution in [3.05, 3.63) is 53.0 Å². The van der Waals surface area contributed by atoms with Crippen molar-refractivity contribution in [3.8, 4) is 5.75 Å². The SMILES string of the molecule is Cc1cc(C(=O)N2C[C@@H]3COc4ccccc4C[C@]3(C(=O)O)C2)c(C)o1. The number of benzene rings is 1. The Morgan fingerprint density at radius 1 is 1.27 bits per heavy atom. The molecule has 26 heavy (non-hydrogen) atoms. The van der Waals surface area contributed by atoms with E-state index in [1.807, 2.05) is 24.3 Å². The van der Waals surface area contributed by atoms with Gasteiger partial charge in [0, 0.05) is 19.0 Å². The second-order valence-electron chi connectivity index (χ2n) is 7.27. The lowest BCUT2D eigenvalue weighted by Gasteiger charge is -2.27. The minimum Gasteiger partial charge on any atom is -0.493 e. The first kappa shape index (κ1) is 16.7. The van der Waals surface area contributed by atoms with Gasteiger partial charge in [0.2, 0.25) is 0 Å². The number of para-hydroxylation sites is 1. The van der Waals surface area contributed by atoms with Gasteiger partial charge >= 0.3 is 5.97 Å². The maximum absolute atomic E-state index is 13.0. The third-order valence-electron chi connectivity index (χ3n) is 5.60. The standard InChI is InChI=1S/C20H21NO5/c1-12-7-16(13(2)26-12)18(22)21-9-15-10-25-17-6-4-3-5-14(17)8-20(15,11-21)19(23)24/h3-7,15H,8-11H2,1-2H3,(H,23,24)/t15-,20+/m1/s1. The number of hydrogen-bond donors (Lipinski definition) is 1. The summed E-state index contributed by atoms with van der Waals surface area (Å²) in [6.07, 6.45) is 0.357. The molecule has 4 rings (SSSR count). The van der Waals surface area contributed by atoms with E-state index in [9.17, 15) is 14.7 Å². The summed E-state index contributed by atoms with van der Waals surface area (Å²) in [5.74, 6) is 0.654. The van der Waals surface area contributed by atoms with E-state index >= 15 is 0 Å². The van der Waals surface area contributed by atoms with E-state index in [0.717, 1.165) is 11.3 Å². The third-order valence-corrected chi connectivity index (χ3v) is 5.60. The minimum atomic E-state index is -1.03. The normalized spacial score (nSPS) is 24.4. The van der Waals surface area contributed by atoms with Gasteiger partial charge in [-0.1, -0.05) is 18.2 Å². The van der Waals surface area contributed by atoms with E-state index in [4.69, 9.17) is 9.15 Å². The van der Waals surface area contributed by atoms with E-state index in [1.165, 1.54) is 0 Å². The summed E-state index contributed by atoms with van der Waals surface area (Å²) in [6.45, 7) is 4.37. The van der Waals surface area contributed by atoms with Crippen LogP contribution in [0.3, 0.4) is 0 Å². The van der Waals surface area contributed by atoms with Gasteiger partial charge < -0.3 is 19.2 Å². The van der Waals surface area contributed by atoms with Crippen molar-refractivity contribution in [2.45, 2.75) is 20.3 Å². The predicted octanol–water partition coefficient (Wildman–Crippen LogP) is 2.67. The van der Waals surface area contributed by atoms with Crippen molar-refractivity contribution >= 4 is 11.9 Å². The highest BCUT2D eigenvalue weighted by atomic mass is 16.5. The molecule has 136 valence electrons. The van der Waals surface area contributed by atoms with Gasteiger partial charge in [-0.05, 0) is 38.0 Å². The molecule has 2 aliphatic heterocycles. The Morgan fingerprint density at radius 2 is 2.04 bits per heavy atom. The number of carboxylic acids is 1. The van der Waals surface area contributed by atoms with Gasteiger partial charge in [0.05, 0.1) is 17.6 Å². The molecule has 0 aliphatic carbocycles. The molecule has 6 nitrogen and oxygen atoms in total. The van der Waals surface area contributed by atoms with Crippen molar-refractivity contribution in [1.29, 1.82) is 0 Å². The molecule has 0 bridgehead atoms. The van der Waals surface area contributed by atoms with Crippen molar-refractivity contribution in [2.75, 3.05) is 19.7 Å². The lowest BCUT2D eigenvalue weighted by molar-refractivity contribution is -0.150. The second kappa shape index (κ2) is 5.90. The Kier molecular flexibility index (Phi) is 3.79. The van der Waals surface area contributed by atoms with Gasteiger partial charge in [-0.15, -0.1) is 0 Å². The summed E-state index contributed by atoms with van der Waals surface area (Å²) >= 11 is 0. The number of carboxylic acid groups (broad SMARTS) is 1. The molecule has 2 aromatic rings. The zero-order valence-electron chi connectivity index (χ0n) is 14.8. The molecule has 0 radical (unpaired) electrons. The summed E-state index contributed by atoms with van der Waals surface area (Å²) in [7, 11) is 0. The van der Waals surface area contributed by atoms with Crippen molar-refractivity contribution in [3.63, 3.8) is 0 Å². The number of carbonyl (C=O) groups excluding carboxylic acids is 1. The number of amides is 1. The maximum atomic E-state index is 13.0. The number of rotatable bonds is 2. The summed E-state index contributed by atoms with van der Waals surface area (Å²) in [6, 6.07) is 9.24. The highest BCUT2D eigenvalue weighted by molar-refractivity contribution is 5.96. The average Bonchev–Trinajstić information content (AvgIpc) is 3.09. The first-order valence-electron chi connectivity index (χ1n) is 8.71. The van der Waals surface area contributed by atoms with E-state index in [-0.39, 0.29) is 25.0 Å². The molecule has 1 N–H and O–H groups in total. The van der Waals surface area contributed by atoms with Crippen LogP contribution in [0.1, 0.15) is 27.4 Å². The Bertz CT molecular complexity index is 886. The predicted molar refractivity (Wildman–Crippen MR) is 93.3 cm³/mol. The van der Waals surface area contributed by atoms with E-state index in [2.05, 4.69) is 0 Å². The summed E-state index contributed by atoms with van der Waals surface area (Å²) in [5.41, 5.74) is 0.345. The summed E-state index contributed by atoms with van der Waals surface area (Å²) < 4.78 is 11.3. The quantitative estimate of drug-likeness (QED) is 0.896. The molecule has 0 spiro atoms. The molecule has 1 aromatic carbocycles. The number of hydrogen-bond acceptors (Lipinski definition) is 4.